The third-order valence-corrected chi connectivity index (χ3v) is 7.89. The fourth-order valence-electron chi connectivity index (χ4n) is 4.48. The van der Waals surface area contributed by atoms with E-state index in [1.807, 2.05) is 0 Å². The van der Waals surface area contributed by atoms with E-state index in [1.165, 1.54) is 47.4 Å². The maximum atomic E-state index is 12.9. The smallest absolute Gasteiger partial charge is 0.218 e. The van der Waals surface area contributed by atoms with Crippen molar-refractivity contribution < 1.29 is 22.7 Å². The summed E-state index contributed by atoms with van der Waals surface area (Å²) < 4.78 is 30.7. The summed E-state index contributed by atoms with van der Waals surface area (Å²) in [6, 6.07) is 3.58. The zero-order valence-electron chi connectivity index (χ0n) is 18.0. The first-order chi connectivity index (χ1) is 14.0. The number of aliphatic hydroxyl groups is 1. The Labute approximate surface area is 178 Å². The van der Waals surface area contributed by atoms with Crippen LogP contribution in [0.5, 0.6) is 0 Å². The Morgan fingerprint density at radius 2 is 1.93 bits per heavy atom. The molecule has 2 aliphatic rings. The molecule has 0 atom stereocenters. The minimum absolute atomic E-state index is 0.157. The van der Waals surface area contributed by atoms with E-state index in [0.717, 1.165) is 31.2 Å². The molecule has 0 spiro atoms. The number of rotatable bonds is 8. The summed E-state index contributed by atoms with van der Waals surface area (Å²) in [5.41, 5.74) is 5.31. The van der Waals surface area contributed by atoms with E-state index < -0.39 is 21.2 Å². The molecule has 2 aliphatic carbocycles. The molecule has 1 aromatic heterocycles. The fraction of sp³-hybridized carbons (Fsp3) is 0.542. The van der Waals surface area contributed by atoms with Crippen LogP contribution in [0.1, 0.15) is 66.5 Å². The zero-order valence-corrected chi connectivity index (χ0v) is 18.8. The summed E-state index contributed by atoms with van der Waals surface area (Å²) >= 11 is 0. The molecule has 1 fully saturated rings. The molecule has 1 N–H and O–H groups in total. The highest BCUT2D eigenvalue weighted by molar-refractivity contribution is 7.92. The molecule has 0 radical (unpaired) electrons. The molecule has 1 heterocycles. The number of aryl methyl sites for hydroxylation is 2. The number of ketones is 1. The van der Waals surface area contributed by atoms with Crippen LogP contribution in [0.2, 0.25) is 0 Å². The van der Waals surface area contributed by atoms with E-state index >= 15 is 0 Å². The maximum absolute atomic E-state index is 12.9. The molecule has 0 unspecified atom stereocenters. The van der Waals surface area contributed by atoms with Crippen LogP contribution in [0.4, 0.5) is 0 Å². The standard InChI is InChI=1S/C24H30O5S/c1-15-9-17-5-4-6-20(17)22(21(15)10-16-7-8-16)12-19(25)14-30(27,28)23-11-18(13-29-23)24(2,3)26/h9,11,13,16,26H,4-8,10,12,14H2,1-3H3. The lowest BCUT2D eigenvalue weighted by Gasteiger charge is -2.17. The number of hydrogen-bond acceptors (Lipinski definition) is 5. The highest BCUT2D eigenvalue weighted by atomic mass is 32.2. The topological polar surface area (TPSA) is 84.6 Å². The summed E-state index contributed by atoms with van der Waals surface area (Å²) in [7, 11) is -3.89. The largest absolute Gasteiger partial charge is 0.453 e. The van der Waals surface area contributed by atoms with Gasteiger partial charge in [-0.05, 0) is 93.0 Å². The number of hydrogen-bond donors (Lipinski definition) is 1. The molecule has 1 saturated carbocycles. The van der Waals surface area contributed by atoms with Crippen LogP contribution >= 0.6 is 0 Å². The highest BCUT2D eigenvalue weighted by Gasteiger charge is 2.30. The van der Waals surface area contributed by atoms with Gasteiger partial charge in [-0.1, -0.05) is 6.07 Å². The number of sulfone groups is 1. The molecule has 1 aromatic carbocycles. The monoisotopic (exact) mass is 430 g/mol. The lowest BCUT2D eigenvalue weighted by atomic mass is 9.88. The molecule has 162 valence electrons. The number of furan rings is 1. The van der Waals surface area contributed by atoms with Gasteiger partial charge < -0.3 is 9.52 Å². The lowest BCUT2D eigenvalue weighted by Crippen LogP contribution is -2.20. The first-order valence-corrected chi connectivity index (χ1v) is 12.4. The van der Waals surface area contributed by atoms with E-state index in [4.69, 9.17) is 4.42 Å². The van der Waals surface area contributed by atoms with E-state index in [0.29, 0.717) is 11.5 Å². The summed E-state index contributed by atoms with van der Waals surface area (Å²) in [5, 5.41) is 9.78. The second-order valence-electron chi connectivity index (χ2n) is 9.48. The normalized spacial score (nSPS) is 16.7. The van der Waals surface area contributed by atoms with Gasteiger partial charge in [-0.3, -0.25) is 4.79 Å². The molecular weight excluding hydrogens is 400 g/mol. The van der Waals surface area contributed by atoms with Crippen molar-refractivity contribution in [3.8, 4) is 0 Å². The number of Topliss-reactive ketones (excluding diaryl/α,β-unsaturated/α-hetero) is 1. The Morgan fingerprint density at radius 3 is 2.57 bits per heavy atom. The summed E-state index contributed by atoms with van der Waals surface area (Å²) in [4.78, 5) is 12.9. The van der Waals surface area contributed by atoms with E-state index in [-0.39, 0.29) is 17.3 Å². The first kappa shape index (κ1) is 21.3. The van der Waals surface area contributed by atoms with Crippen LogP contribution < -0.4 is 0 Å². The number of benzene rings is 1. The molecule has 0 aliphatic heterocycles. The third kappa shape index (κ3) is 4.40. The highest BCUT2D eigenvalue weighted by Crippen LogP contribution is 2.38. The summed E-state index contributed by atoms with van der Waals surface area (Å²) in [5.74, 6) is -0.200. The molecule has 6 heteroatoms. The van der Waals surface area contributed by atoms with Crippen LogP contribution in [0, 0.1) is 12.8 Å². The quantitative estimate of drug-likeness (QED) is 0.688. The van der Waals surface area contributed by atoms with Gasteiger partial charge in [0, 0.05) is 18.1 Å². The van der Waals surface area contributed by atoms with Gasteiger partial charge in [0.05, 0.1) is 11.9 Å². The van der Waals surface area contributed by atoms with E-state index in [9.17, 15) is 18.3 Å². The second kappa shape index (κ2) is 7.65. The van der Waals surface area contributed by atoms with Crippen LogP contribution in [0.3, 0.4) is 0 Å². The molecular formula is C24H30O5S. The molecule has 0 saturated heterocycles. The Morgan fingerprint density at radius 1 is 1.20 bits per heavy atom. The van der Waals surface area contributed by atoms with Gasteiger partial charge in [0.25, 0.3) is 0 Å². The minimum atomic E-state index is -3.89. The van der Waals surface area contributed by atoms with E-state index in [1.54, 1.807) is 13.8 Å². The van der Waals surface area contributed by atoms with Crippen molar-refractivity contribution in [2.45, 2.75) is 76.4 Å². The Bertz CT molecular complexity index is 1080. The Balaban J connectivity index is 1.57. The average molecular weight is 431 g/mol. The number of carbonyl (C=O) groups excluding carboxylic acids is 1. The fourth-order valence-corrected chi connectivity index (χ4v) is 5.65. The van der Waals surface area contributed by atoms with Gasteiger partial charge in [-0.25, -0.2) is 8.42 Å². The third-order valence-electron chi connectivity index (χ3n) is 6.36. The number of fused-ring (bicyclic) bond motifs is 1. The first-order valence-electron chi connectivity index (χ1n) is 10.7. The minimum Gasteiger partial charge on any atom is -0.453 e. The van der Waals surface area contributed by atoms with Gasteiger partial charge in [0.15, 0.2) is 5.78 Å². The van der Waals surface area contributed by atoms with Gasteiger partial charge in [0.2, 0.25) is 14.9 Å². The van der Waals surface area contributed by atoms with Crippen molar-refractivity contribution in [1.82, 2.24) is 0 Å². The SMILES string of the molecule is Cc1cc2c(c(CC(=O)CS(=O)(=O)c3cc(C(C)(C)O)co3)c1CC1CC1)CCC2. The summed E-state index contributed by atoms with van der Waals surface area (Å²) in [6.07, 6.45) is 7.94. The molecule has 5 nitrogen and oxygen atoms in total. The van der Waals surface area contributed by atoms with Crippen molar-refractivity contribution in [1.29, 1.82) is 0 Å². The van der Waals surface area contributed by atoms with Crippen molar-refractivity contribution in [2.24, 2.45) is 5.92 Å². The van der Waals surface area contributed by atoms with Gasteiger partial charge >= 0.3 is 0 Å². The van der Waals surface area contributed by atoms with Crippen LogP contribution in [-0.2, 0) is 45.9 Å². The van der Waals surface area contributed by atoms with E-state index in [2.05, 4.69) is 13.0 Å². The zero-order chi connectivity index (χ0) is 21.7. The van der Waals surface area contributed by atoms with Gasteiger partial charge in [0.1, 0.15) is 5.75 Å². The molecule has 4 rings (SSSR count). The average Bonchev–Trinajstić information content (AvgIpc) is 3.10. The summed E-state index contributed by atoms with van der Waals surface area (Å²) in [6.45, 7) is 5.22. The van der Waals surface area contributed by atoms with Crippen molar-refractivity contribution in [3.05, 3.63) is 51.8 Å². The molecule has 0 bridgehead atoms. The van der Waals surface area contributed by atoms with Gasteiger partial charge in [-0.15, -0.1) is 0 Å². The Kier molecular flexibility index (Phi) is 5.43. The van der Waals surface area contributed by atoms with Crippen molar-refractivity contribution in [3.63, 3.8) is 0 Å². The van der Waals surface area contributed by atoms with Crippen LogP contribution in [-0.4, -0.2) is 25.1 Å². The van der Waals surface area contributed by atoms with Gasteiger partial charge in [-0.2, -0.15) is 0 Å². The maximum Gasteiger partial charge on any atom is 0.218 e. The molecule has 0 amide bonds. The molecule has 30 heavy (non-hydrogen) atoms. The predicted octanol–water partition coefficient (Wildman–Crippen LogP) is 3.84. The lowest BCUT2D eigenvalue weighted by molar-refractivity contribution is -0.116. The van der Waals surface area contributed by atoms with Crippen LogP contribution in [0.25, 0.3) is 0 Å². The van der Waals surface area contributed by atoms with Crippen molar-refractivity contribution in [2.75, 3.05) is 5.75 Å². The van der Waals surface area contributed by atoms with Crippen LogP contribution in [0.15, 0.2) is 27.9 Å². The van der Waals surface area contributed by atoms with Crippen molar-refractivity contribution >= 4 is 15.6 Å². The second-order valence-corrected chi connectivity index (χ2v) is 11.4. The molecule has 2 aromatic rings. The predicted molar refractivity (Wildman–Crippen MR) is 114 cm³/mol. The number of carbonyl (C=O) groups is 1. The Hall–Kier alpha value is -1.92.